The van der Waals surface area contributed by atoms with Crippen LogP contribution < -0.4 is 5.56 Å². The summed E-state index contributed by atoms with van der Waals surface area (Å²) in [6.07, 6.45) is 10.6. The van der Waals surface area contributed by atoms with Gasteiger partial charge in [-0.3, -0.25) is 19.1 Å². The highest BCUT2D eigenvalue weighted by atomic mass is 16.3. The van der Waals surface area contributed by atoms with Crippen molar-refractivity contribution in [2.24, 2.45) is 11.8 Å². The number of aromatic nitrogens is 4. The van der Waals surface area contributed by atoms with Crippen LogP contribution in [0.3, 0.4) is 0 Å². The standard InChI is InChI=1S/C31H35N5O3/c37-25-8-9-26(28(17-25)24-6-2-1-3-7-24)30(38)34-14-10-22(11-15-34)19-36-21-33-29-27(31(36)39)12-16-35(29)20-23-5-4-13-32-18-23/h1-7,12-13,16,18,21-22,25-26,28,37H,8-11,14-15,17,19-20H2. The molecule has 2 aliphatic rings. The number of amides is 1. The van der Waals surface area contributed by atoms with E-state index in [0.717, 1.165) is 30.4 Å². The van der Waals surface area contributed by atoms with Crippen molar-refractivity contribution in [2.75, 3.05) is 13.1 Å². The molecule has 1 aromatic carbocycles. The van der Waals surface area contributed by atoms with E-state index in [4.69, 9.17) is 0 Å². The molecule has 3 unspecified atom stereocenters. The molecule has 1 N–H and O–H groups in total. The smallest absolute Gasteiger partial charge is 0.262 e. The van der Waals surface area contributed by atoms with Crippen LogP contribution in [0.15, 0.2) is 78.2 Å². The van der Waals surface area contributed by atoms with Crippen LogP contribution in [0.2, 0.25) is 0 Å². The fraction of sp³-hybridized carbons (Fsp3) is 0.419. The van der Waals surface area contributed by atoms with Crippen LogP contribution in [-0.2, 0) is 17.9 Å². The molecule has 1 amide bonds. The lowest BCUT2D eigenvalue weighted by Crippen LogP contribution is -2.45. The van der Waals surface area contributed by atoms with Crippen molar-refractivity contribution in [3.63, 3.8) is 0 Å². The lowest BCUT2D eigenvalue weighted by atomic mass is 9.73. The van der Waals surface area contributed by atoms with Crippen molar-refractivity contribution in [3.05, 3.63) is 94.9 Å². The number of carbonyl (C=O) groups excluding carboxylic acids is 1. The van der Waals surface area contributed by atoms with Gasteiger partial charge in [0.25, 0.3) is 5.56 Å². The topological polar surface area (TPSA) is 93.2 Å². The summed E-state index contributed by atoms with van der Waals surface area (Å²) in [5.41, 5.74) is 2.86. The molecule has 6 rings (SSSR count). The maximum absolute atomic E-state index is 13.6. The van der Waals surface area contributed by atoms with Crippen molar-refractivity contribution in [1.82, 2.24) is 24.0 Å². The SMILES string of the molecule is O=C(C1CCC(O)CC1c1ccccc1)N1CCC(Cn2cnc3c(ccn3Cc3cccnc3)c2=O)CC1. The maximum atomic E-state index is 13.6. The molecule has 202 valence electrons. The number of pyridine rings is 1. The number of likely N-dealkylation sites (tertiary alicyclic amines) is 1. The average Bonchev–Trinajstić information content (AvgIpc) is 3.38. The minimum atomic E-state index is -0.346. The van der Waals surface area contributed by atoms with Crippen LogP contribution in [-0.4, -0.2) is 54.2 Å². The molecule has 1 aliphatic carbocycles. The lowest BCUT2D eigenvalue weighted by Gasteiger charge is -2.39. The molecule has 8 nitrogen and oxygen atoms in total. The number of hydrogen-bond acceptors (Lipinski definition) is 5. The van der Waals surface area contributed by atoms with Crippen molar-refractivity contribution in [2.45, 2.75) is 57.2 Å². The maximum Gasteiger partial charge on any atom is 0.262 e. The first kappa shape index (κ1) is 25.5. The number of carbonyl (C=O) groups is 1. The predicted octanol–water partition coefficient (Wildman–Crippen LogP) is 3.82. The van der Waals surface area contributed by atoms with E-state index in [1.165, 1.54) is 0 Å². The number of hydrogen-bond donors (Lipinski definition) is 1. The van der Waals surface area contributed by atoms with Crippen LogP contribution in [0, 0.1) is 11.8 Å². The number of piperidine rings is 1. The van der Waals surface area contributed by atoms with Crippen molar-refractivity contribution in [3.8, 4) is 0 Å². The second-order valence-electron chi connectivity index (χ2n) is 11.1. The number of aliphatic hydroxyl groups is 1. The first-order chi connectivity index (χ1) is 19.1. The van der Waals surface area contributed by atoms with E-state index in [-0.39, 0.29) is 29.4 Å². The summed E-state index contributed by atoms with van der Waals surface area (Å²) in [5, 5.41) is 10.9. The largest absolute Gasteiger partial charge is 0.393 e. The van der Waals surface area contributed by atoms with Gasteiger partial charge in [-0.1, -0.05) is 36.4 Å². The highest BCUT2D eigenvalue weighted by Crippen LogP contribution is 2.39. The van der Waals surface area contributed by atoms with Crippen LogP contribution >= 0.6 is 0 Å². The molecule has 2 fully saturated rings. The first-order valence-corrected chi connectivity index (χ1v) is 14.0. The summed E-state index contributed by atoms with van der Waals surface area (Å²) in [7, 11) is 0. The molecule has 4 aromatic rings. The van der Waals surface area contributed by atoms with E-state index in [9.17, 15) is 14.7 Å². The Bertz CT molecular complexity index is 1470. The van der Waals surface area contributed by atoms with Gasteiger partial charge in [-0.25, -0.2) is 4.98 Å². The second kappa shape index (κ2) is 11.1. The number of benzene rings is 1. The fourth-order valence-electron chi connectivity index (χ4n) is 6.41. The first-order valence-electron chi connectivity index (χ1n) is 14.0. The summed E-state index contributed by atoms with van der Waals surface area (Å²) in [5.74, 6) is 0.505. The predicted molar refractivity (Wildman–Crippen MR) is 149 cm³/mol. The van der Waals surface area contributed by atoms with Crippen LogP contribution in [0.4, 0.5) is 0 Å². The number of rotatable bonds is 6. The Hall–Kier alpha value is -3.78. The van der Waals surface area contributed by atoms with Crippen LogP contribution in [0.1, 0.15) is 49.1 Å². The molecule has 8 heteroatoms. The van der Waals surface area contributed by atoms with E-state index in [1.54, 1.807) is 17.1 Å². The molecule has 0 radical (unpaired) electrons. The second-order valence-corrected chi connectivity index (χ2v) is 11.1. The highest BCUT2D eigenvalue weighted by molar-refractivity contribution is 5.80. The lowest BCUT2D eigenvalue weighted by molar-refractivity contribution is -0.139. The molecule has 3 atom stereocenters. The zero-order valence-electron chi connectivity index (χ0n) is 22.1. The third-order valence-corrected chi connectivity index (χ3v) is 8.57. The highest BCUT2D eigenvalue weighted by Gasteiger charge is 2.38. The van der Waals surface area contributed by atoms with Crippen molar-refractivity contribution in [1.29, 1.82) is 0 Å². The third-order valence-electron chi connectivity index (χ3n) is 8.57. The van der Waals surface area contributed by atoms with Gasteiger partial charge in [0.1, 0.15) is 5.65 Å². The van der Waals surface area contributed by atoms with Crippen LogP contribution in [0.5, 0.6) is 0 Å². The van der Waals surface area contributed by atoms with Gasteiger partial charge in [-0.2, -0.15) is 0 Å². The Morgan fingerprint density at radius 1 is 0.974 bits per heavy atom. The molecule has 1 saturated carbocycles. The van der Waals surface area contributed by atoms with Gasteiger partial charge < -0.3 is 14.6 Å². The zero-order chi connectivity index (χ0) is 26.8. The number of nitrogens with zero attached hydrogens (tertiary/aromatic N) is 5. The van der Waals surface area contributed by atoms with Gasteiger partial charge >= 0.3 is 0 Å². The Balaban J connectivity index is 1.10. The normalized spacial score (nSPS) is 22.3. The minimum absolute atomic E-state index is 0.0186. The van der Waals surface area contributed by atoms with E-state index < -0.39 is 0 Å². The van der Waals surface area contributed by atoms with E-state index in [0.29, 0.717) is 56.0 Å². The van der Waals surface area contributed by atoms with Crippen molar-refractivity contribution >= 4 is 16.9 Å². The molecule has 0 spiro atoms. The molecular formula is C31H35N5O3. The number of fused-ring (bicyclic) bond motifs is 1. The molecule has 0 bridgehead atoms. The monoisotopic (exact) mass is 525 g/mol. The molecule has 1 saturated heterocycles. The summed E-state index contributed by atoms with van der Waals surface area (Å²) < 4.78 is 3.71. The van der Waals surface area contributed by atoms with Gasteiger partial charge in [0.2, 0.25) is 5.91 Å². The van der Waals surface area contributed by atoms with Gasteiger partial charge in [0.05, 0.1) is 24.4 Å². The van der Waals surface area contributed by atoms with E-state index >= 15 is 0 Å². The molecule has 1 aliphatic heterocycles. The van der Waals surface area contributed by atoms with Gasteiger partial charge in [-0.15, -0.1) is 0 Å². The summed E-state index contributed by atoms with van der Waals surface area (Å²) >= 11 is 0. The Kier molecular flexibility index (Phi) is 7.28. The Morgan fingerprint density at radius 3 is 2.56 bits per heavy atom. The summed E-state index contributed by atoms with van der Waals surface area (Å²) in [6.45, 7) is 2.64. The minimum Gasteiger partial charge on any atom is -0.393 e. The quantitative estimate of drug-likeness (QED) is 0.413. The van der Waals surface area contributed by atoms with Crippen molar-refractivity contribution < 1.29 is 9.90 Å². The molecular weight excluding hydrogens is 490 g/mol. The Labute approximate surface area is 227 Å². The molecule has 4 heterocycles. The fourth-order valence-corrected chi connectivity index (χ4v) is 6.41. The van der Waals surface area contributed by atoms with Crippen LogP contribution in [0.25, 0.3) is 11.0 Å². The number of aliphatic hydroxyl groups excluding tert-OH is 1. The molecule has 39 heavy (non-hydrogen) atoms. The van der Waals surface area contributed by atoms with Gasteiger partial charge in [-0.05, 0) is 67.2 Å². The Morgan fingerprint density at radius 2 is 1.79 bits per heavy atom. The third kappa shape index (κ3) is 5.39. The van der Waals surface area contributed by atoms with Gasteiger partial charge in [0, 0.05) is 44.1 Å². The average molecular weight is 526 g/mol. The van der Waals surface area contributed by atoms with Gasteiger partial charge in [0.15, 0.2) is 0 Å². The summed E-state index contributed by atoms with van der Waals surface area (Å²) in [6, 6.07) is 15.9. The van der Waals surface area contributed by atoms with E-state index in [1.807, 2.05) is 58.3 Å². The zero-order valence-corrected chi connectivity index (χ0v) is 22.1. The molecule has 3 aromatic heterocycles. The van der Waals surface area contributed by atoms with E-state index in [2.05, 4.69) is 22.1 Å². The summed E-state index contributed by atoms with van der Waals surface area (Å²) in [4.78, 5) is 37.7.